The van der Waals surface area contributed by atoms with E-state index in [-0.39, 0.29) is 12.5 Å². The van der Waals surface area contributed by atoms with Crippen molar-refractivity contribution in [2.75, 3.05) is 13.1 Å². The van der Waals surface area contributed by atoms with E-state index in [1.54, 1.807) is 6.92 Å². The second-order valence-corrected chi connectivity index (χ2v) is 5.72. The number of ether oxygens (including phenoxy) is 1. The Bertz CT molecular complexity index is 479. The molecule has 1 fully saturated rings. The summed E-state index contributed by atoms with van der Waals surface area (Å²) >= 11 is 0. The summed E-state index contributed by atoms with van der Waals surface area (Å²) in [7, 11) is 0. The molecule has 0 saturated carbocycles. The van der Waals surface area contributed by atoms with Crippen molar-refractivity contribution in [2.45, 2.75) is 52.2 Å². The van der Waals surface area contributed by atoms with Gasteiger partial charge in [-0.05, 0) is 32.3 Å². The standard InChI is InChI=1S/C17H25NO3/c1-13-8-7-9-15(12-19)16(13)21-14(2)17(20)18-10-5-3-4-6-11-18/h7-9,14,19H,3-6,10-12H2,1-2H3. The van der Waals surface area contributed by atoms with Gasteiger partial charge in [-0.1, -0.05) is 31.0 Å². The van der Waals surface area contributed by atoms with Crippen LogP contribution in [0.5, 0.6) is 5.75 Å². The van der Waals surface area contributed by atoms with Crippen LogP contribution in [0, 0.1) is 6.92 Å². The lowest BCUT2D eigenvalue weighted by molar-refractivity contribution is -0.137. The van der Waals surface area contributed by atoms with E-state index < -0.39 is 6.10 Å². The fourth-order valence-corrected chi connectivity index (χ4v) is 2.78. The van der Waals surface area contributed by atoms with E-state index in [1.165, 1.54) is 12.8 Å². The molecule has 0 spiro atoms. The van der Waals surface area contributed by atoms with Crippen molar-refractivity contribution in [1.82, 2.24) is 4.90 Å². The van der Waals surface area contributed by atoms with Crippen LogP contribution in [-0.4, -0.2) is 35.1 Å². The van der Waals surface area contributed by atoms with Crippen molar-refractivity contribution < 1.29 is 14.6 Å². The Labute approximate surface area is 126 Å². The Balaban J connectivity index is 2.06. The third kappa shape index (κ3) is 3.97. The molecule has 0 radical (unpaired) electrons. The molecule has 1 aliphatic heterocycles. The Hall–Kier alpha value is -1.55. The number of carbonyl (C=O) groups excluding carboxylic acids is 1. The van der Waals surface area contributed by atoms with Crippen molar-refractivity contribution in [1.29, 1.82) is 0 Å². The third-order valence-electron chi connectivity index (χ3n) is 4.02. The summed E-state index contributed by atoms with van der Waals surface area (Å²) in [5, 5.41) is 9.40. The fraction of sp³-hybridized carbons (Fsp3) is 0.588. The maximum absolute atomic E-state index is 12.5. The summed E-state index contributed by atoms with van der Waals surface area (Å²) in [6, 6.07) is 5.64. The van der Waals surface area contributed by atoms with Crippen LogP contribution in [-0.2, 0) is 11.4 Å². The Morgan fingerprint density at radius 2 is 1.95 bits per heavy atom. The summed E-state index contributed by atoms with van der Waals surface area (Å²) in [5.74, 6) is 0.680. The first-order chi connectivity index (χ1) is 10.1. The quantitative estimate of drug-likeness (QED) is 0.928. The molecule has 1 unspecified atom stereocenters. The van der Waals surface area contributed by atoms with Gasteiger partial charge in [-0.2, -0.15) is 0 Å². The number of rotatable bonds is 4. The van der Waals surface area contributed by atoms with Gasteiger partial charge in [-0.3, -0.25) is 4.79 Å². The number of likely N-dealkylation sites (tertiary alicyclic amines) is 1. The van der Waals surface area contributed by atoms with Crippen LogP contribution < -0.4 is 4.74 Å². The number of nitrogens with zero attached hydrogens (tertiary/aromatic N) is 1. The lowest BCUT2D eigenvalue weighted by Crippen LogP contribution is -2.41. The zero-order chi connectivity index (χ0) is 15.2. The van der Waals surface area contributed by atoms with Gasteiger partial charge in [0.15, 0.2) is 6.10 Å². The molecule has 4 heteroatoms. The fourth-order valence-electron chi connectivity index (χ4n) is 2.78. The average molecular weight is 291 g/mol. The van der Waals surface area contributed by atoms with Crippen LogP contribution in [0.1, 0.15) is 43.7 Å². The van der Waals surface area contributed by atoms with Gasteiger partial charge in [0.2, 0.25) is 0 Å². The molecule has 0 aliphatic carbocycles. The highest BCUT2D eigenvalue weighted by molar-refractivity contribution is 5.81. The van der Waals surface area contributed by atoms with Crippen molar-refractivity contribution in [3.8, 4) is 5.75 Å². The smallest absolute Gasteiger partial charge is 0.263 e. The van der Waals surface area contributed by atoms with Gasteiger partial charge in [-0.15, -0.1) is 0 Å². The molecule has 1 N–H and O–H groups in total. The van der Waals surface area contributed by atoms with E-state index in [0.717, 1.165) is 37.1 Å². The highest BCUT2D eigenvalue weighted by atomic mass is 16.5. The van der Waals surface area contributed by atoms with Gasteiger partial charge in [-0.25, -0.2) is 0 Å². The monoisotopic (exact) mass is 291 g/mol. The van der Waals surface area contributed by atoms with Crippen LogP contribution in [0.15, 0.2) is 18.2 Å². The van der Waals surface area contributed by atoms with Crippen LogP contribution in [0.4, 0.5) is 0 Å². The van der Waals surface area contributed by atoms with E-state index in [1.807, 2.05) is 30.0 Å². The number of aliphatic hydroxyl groups excluding tert-OH is 1. The minimum atomic E-state index is -0.519. The molecule has 1 saturated heterocycles. The normalized spacial score (nSPS) is 17.2. The second kappa shape index (κ2) is 7.46. The molecule has 0 aromatic heterocycles. The van der Waals surface area contributed by atoms with Crippen LogP contribution >= 0.6 is 0 Å². The SMILES string of the molecule is Cc1cccc(CO)c1OC(C)C(=O)N1CCCCCC1. The number of aliphatic hydroxyl groups is 1. The molecule has 1 heterocycles. The van der Waals surface area contributed by atoms with Gasteiger partial charge in [0, 0.05) is 18.7 Å². The molecule has 21 heavy (non-hydrogen) atoms. The van der Waals surface area contributed by atoms with Gasteiger partial charge >= 0.3 is 0 Å². The molecule has 0 bridgehead atoms. The van der Waals surface area contributed by atoms with Crippen molar-refractivity contribution >= 4 is 5.91 Å². The highest BCUT2D eigenvalue weighted by Gasteiger charge is 2.23. The minimum Gasteiger partial charge on any atom is -0.480 e. The largest absolute Gasteiger partial charge is 0.480 e. The molecule has 2 rings (SSSR count). The number of amides is 1. The first kappa shape index (κ1) is 15.8. The Kier molecular flexibility index (Phi) is 5.62. The van der Waals surface area contributed by atoms with E-state index in [4.69, 9.17) is 4.74 Å². The zero-order valence-electron chi connectivity index (χ0n) is 13.0. The summed E-state index contributed by atoms with van der Waals surface area (Å²) in [4.78, 5) is 14.4. The topological polar surface area (TPSA) is 49.8 Å². The van der Waals surface area contributed by atoms with Crippen LogP contribution in [0.2, 0.25) is 0 Å². The molecule has 4 nitrogen and oxygen atoms in total. The molecular weight excluding hydrogens is 266 g/mol. The predicted molar refractivity (Wildman–Crippen MR) is 82.2 cm³/mol. The molecule has 1 aromatic carbocycles. The lowest BCUT2D eigenvalue weighted by Gasteiger charge is -2.25. The second-order valence-electron chi connectivity index (χ2n) is 5.72. The number of hydrogen-bond donors (Lipinski definition) is 1. The van der Waals surface area contributed by atoms with Crippen molar-refractivity contribution in [2.24, 2.45) is 0 Å². The average Bonchev–Trinajstić information content (AvgIpc) is 2.77. The predicted octanol–water partition coefficient (Wildman–Crippen LogP) is 2.66. The number of aryl methyl sites for hydroxylation is 1. The van der Waals surface area contributed by atoms with Crippen LogP contribution in [0.3, 0.4) is 0 Å². The first-order valence-electron chi connectivity index (χ1n) is 7.78. The van der Waals surface area contributed by atoms with Crippen LogP contribution in [0.25, 0.3) is 0 Å². The van der Waals surface area contributed by atoms with Gasteiger partial charge in [0.25, 0.3) is 5.91 Å². The van der Waals surface area contributed by atoms with E-state index >= 15 is 0 Å². The molecule has 116 valence electrons. The summed E-state index contributed by atoms with van der Waals surface area (Å²) in [5.41, 5.74) is 1.67. The third-order valence-corrected chi connectivity index (χ3v) is 4.02. The molecule has 1 aromatic rings. The van der Waals surface area contributed by atoms with E-state index in [0.29, 0.717) is 5.75 Å². The highest BCUT2D eigenvalue weighted by Crippen LogP contribution is 2.25. The molecule has 1 amide bonds. The minimum absolute atomic E-state index is 0.0454. The number of carbonyl (C=O) groups is 1. The van der Waals surface area contributed by atoms with Gasteiger partial charge in [0.05, 0.1) is 6.61 Å². The number of hydrogen-bond acceptors (Lipinski definition) is 3. The summed E-state index contributed by atoms with van der Waals surface area (Å²) in [6.45, 7) is 5.29. The maximum Gasteiger partial charge on any atom is 0.263 e. The van der Waals surface area contributed by atoms with Crippen molar-refractivity contribution in [3.63, 3.8) is 0 Å². The number of benzene rings is 1. The lowest BCUT2D eigenvalue weighted by atomic mass is 10.1. The summed E-state index contributed by atoms with van der Waals surface area (Å²) in [6.07, 6.45) is 4.03. The molecular formula is C17H25NO3. The molecule has 1 atom stereocenters. The maximum atomic E-state index is 12.5. The van der Waals surface area contributed by atoms with E-state index in [2.05, 4.69) is 0 Å². The van der Waals surface area contributed by atoms with E-state index in [9.17, 15) is 9.90 Å². The van der Waals surface area contributed by atoms with Gasteiger partial charge < -0.3 is 14.7 Å². The van der Waals surface area contributed by atoms with Gasteiger partial charge in [0.1, 0.15) is 5.75 Å². The van der Waals surface area contributed by atoms with Crippen molar-refractivity contribution in [3.05, 3.63) is 29.3 Å². The zero-order valence-corrected chi connectivity index (χ0v) is 13.0. The first-order valence-corrected chi connectivity index (χ1v) is 7.78. The summed E-state index contributed by atoms with van der Waals surface area (Å²) < 4.78 is 5.87. The Morgan fingerprint density at radius 1 is 1.29 bits per heavy atom. The number of para-hydroxylation sites is 1. The Morgan fingerprint density at radius 3 is 2.57 bits per heavy atom. The molecule has 1 aliphatic rings.